The van der Waals surface area contributed by atoms with Gasteiger partial charge in [0.25, 0.3) is 5.69 Å². The molecule has 0 saturated carbocycles. The highest BCUT2D eigenvalue weighted by molar-refractivity contribution is 5.88. The van der Waals surface area contributed by atoms with Crippen molar-refractivity contribution >= 4 is 33.4 Å². The molecule has 8 aromatic rings. The van der Waals surface area contributed by atoms with Crippen molar-refractivity contribution in [2.75, 3.05) is 5.73 Å². The summed E-state index contributed by atoms with van der Waals surface area (Å²) < 4.78 is 11.7. The van der Waals surface area contributed by atoms with E-state index in [-0.39, 0.29) is 5.69 Å². The Hall–Kier alpha value is -7.08. The SMILES string of the molecule is Nc1ccc(Oc2ncnc3[nH]c(-c4ccccc4)cc23)cc1.O=[N+]([O-])c1ccc(Oc2ncnc3[nH]c(-c4ccccc4)cc23)cc1. The van der Waals surface area contributed by atoms with E-state index in [2.05, 4.69) is 29.9 Å². The Labute approximate surface area is 273 Å². The van der Waals surface area contributed by atoms with E-state index >= 15 is 0 Å². The van der Waals surface area contributed by atoms with Gasteiger partial charge in [0, 0.05) is 29.2 Å². The lowest BCUT2D eigenvalue weighted by molar-refractivity contribution is -0.384. The Balaban J connectivity index is 0.000000152. The first-order valence-corrected chi connectivity index (χ1v) is 14.7. The first kappa shape index (κ1) is 29.6. The van der Waals surface area contributed by atoms with Gasteiger partial charge in [0.15, 0.2) is 0 Å². The summed E-state index contributed by atoms with van der Waals surface area (Å²) in [5, 5.41) is 12.3. The third-order valence-electron chi connectivity index (χ3n) is 7.30. The van der Waals surface area contributed by atoms with Crippen LogP contribution in [0.3, 0.4) is 0 Å². The fourth-order valence-electron chi connectivity index (χ4n) is 4.94. The number of H-pyrrole nitrogens is 2. The second-order valence-electron chi connectivity index (χ2n) is 10.5. The molecule has 0 aliphatic carbocycles. The highest BCUT2D eigenvalue weighted by Gasteiger charge is 2.13. The number of non-ortho nitro benzene ring substituents is 1. The highest BCUT2D eigenvalue weighted by Crippen LogP contribution is 2.32. The molecular formula is C36H26N8O4. The molecule has 0 aliphatic heterocycles. The van der Waals surface area contributed by atoms with Crippen LogP contribution in [0, 0.1) is 10.1 Å². The van der Waals surface area contributed by atoms with Gasteiger partial charge in [-0.25, -0.2) is 19.9 Å². The zero-order chi connectivity index (χ0) is 32.9. The number of hydrogen-bond donors (Lipinski definition) is 3. The lowest BCUT2D eigenvalue weighted by atomic mass is 10.1. The number of nitrogens with zero attached hydrogens (tertiary/aromatic N) is 5. The lowest BCUT2D eigenvalue weighted by Gasteiger charge is -2.05. The number of fused-ring (bicyclic) bond motifs is 2. The maximum absolute atomic E-state index is 10.7. The summed E-state index contributed by atoms with van der Waals surface area (Å²) in [6.45, 7) is 0. The minimum Gasteiger partial charge on any atom is -0.438 e. The molecule has 8 rings (SSSR count). The predicted octanol–water partition coefficient (Wildman–Crippen LogP) is 8.32. The van der Waals surface area contributed by atoms with Crippen LogP contribution in [0.5, 0.6) is 23.3 Å². The summed E-state index contributed by atoms with van der Waals surface area (Å²) in [6.07, 6.45) is 2.90. The van der Waals surface area contributed by atoms with Crippen LogP contribution in [-0.4, -0.2) is 34.8 Å². The molecule has 4 heterocycles. The van der Waals surface area contributed by atoms with Gasteiger partial charge in [0.2, 0.25) is 11.8 Å². The summed E-state index contributed by atoms with van der Waals surface area (Å²) >= 11 is 0. The molecule has 0 saturated heterocycles. The van der Waals surface area contributed by atoms with Gasteiger partial charge in [0.1, 0.15) is 35.4 Å². The number of ether oxygens (including phenoxy) is 2. The summed E-state index contributed by atoms with van der Waals surface area (Å²) in [6, 6.07) is 36.9. The monoisotopic (exact) mass is 634 g/mol. The smallest absolute Gasteiger partial charge is 0.269 e. The number of anilines is 1. The van der Waals surface area contributed by atoms with E-state index in [1.165, 1.54) is 36.9 Å². The fourth-order valence-corrected chi connectivity index (χ4v) is 4.94. The van der Waals surface area contributed by atoms with Gasteiger partial charge in [-0.3, -0.25) is 10.1 Å². The first-order valence-electron chi connectivity index (χ1n) is 14.7. The molecule has 0 atom stereocenters. The number of nitro benzene ring substituents is 1. The van der Waals surface area contributed by atoms with E-state index in [0.717, 1.165) is 38.9 Å². The topological polar surface area (TPSA) is 171 Å². The summed E-state index contributed by atoms with van der Waals surface area (Å²) in [7, 11) is 0. The maximum atomic E-state index is 10.7. The van der Waals surface area contributed by atoms with E-state index in [9.17, 15) is 10.1 Å². The van der Waals surface area contributed by atoms with E-state index in [4.69, 9.17) is 15.2 Å². The summed E-state index contributed by atoms with van der Waals surface area (Å²) in [5.74, 6) is 2.05. The Kier molecular flexibility index (Phi) is 8.09. The van der Waals surface area contributed by atoms with Gasteiger partial charge in [0.05, 0.1) is 15.7 Å². The molecule has 4 aromatic carbocycles. The van der Waals surface area contributed by atoms with Crippen molar-refractivity contribution in [3.05, 3.63) is 144 Å². The van der Waals surface area contributed by atoms with Crippen LogP contribution in [0.4, 0.5) is 11.4 Å². The van der Waals surface area contributed by atoms with Gasteiger partial charge in [-0.15, -0.1) is 0 Å². The van der Waals surface area contributed by atoms with Crippen molar-refractivity contribution < 1.29 is 14.4 Å². The van der Waals surface area contributed by atoms with E-state index < -0.39 is 4.92 Å². The van der Waals surface area contributed by atoms with Gasteiger partial charge in [-0.05, 0) is 59.7 Å². The minimum absolute atomic E-state index is 0.00759. The Morgan fingerprint density at radius 2 is 1.02 bits per heavy atom. The van der Waals surface area contributed by atoms with Crippen LogP contribution in [0.1, 0.15) is 0 Å². The minimum atomic E-state index is -0.453. The second kappa shape index (κ2) is 13.1. The Morgan fingerprint density at radius 1 is 0.583 bits per heavy atom. The fraction of sp³-hybridized carbons (Fsp3) is 0. The normalized spacial score (nSPS) is 10.8. The standard InChI is InChI=1S/C18H12N4O3.C18H14N4O/c23-22(24)13-6-8-14(9-7-13)25-18-15-10-16(12-4-2-1-3-5-12)21-17(15)19-11-20-18;19-13-6-8-14(9-7-13)23-18-15-10-16(12-4-2-1-3-5-12)22-17(15)20-11-21-18/h1-11H,(H,19,20,21);1-11H,19H2,(H,20,21,22). The number of aromatic nitrogens is 6. The molecule has 0 radical (unpaired) electrons. The molecule has 234 valence electrons. The predicted molar refractivity (Wildman–Crippen MR) is 183 cm³/mol. The number of rotatable bonds is 7. The number of hydrogen-bond acceptors (Lipinski definition) is 9. The van der Waals surface area contributed by atoms with E-state index in [0.29, 0.717) is 34.6 Å². The van der Waals surface area contributed by atoms with E-state index in [1.54, 1.807) is 12.1 Å². The van der Waals surface area contributed by atoms with Crippen LogP contribution >= 0.6 is 0 Å². The molecule has 0 fully saturated rings. The van der Waals surface area contributed by atoms with Gasteiger partial charge >= 0.3 is 0 Å². The molecule has 12 heteroatoms. The molecule has 0 amide bonds. The van der Waals surface area contributed by atoms with Crippen LogP contribution in [0.15, 0.2) is 134 Å². The molecule has 0 unspecified atom stereocenters. The third kappa shape index (κ3) is 6.48. The quantitative estimate of drug-likeness (QED) is 0.0885. The van der Waals surface area contributed by atoms with Crippen molar-refractivity contribution in [2.45, 2.75) is 0 Å². The largest absolute Gasteiger partial charge is 0.438 e. The molecule has 48 heavy (non-hydrogen) atoms. The highest BCUT2D eigenvalue weighted by atomic mass is 16.6. The van der Waals surface area contributed by atoms with Crippen molar-refractivity contribution in [1.82, 2.24) is 29.9 Å². The number of nitrogens with one attached hydrogen (secondary N) is 2. The number of nitrogen functional groups attached to an aromatic ring is 1. The van der Waals surface area contributed by atoms with Gasteiger partial charge in [-0.1, -0.05) is 60.7 Å². The van der Waals surface area contributed by atoms with Gasteiger partial charge < -0.3 is 25.2 Å². The van der Waals surface area contributed by atoms with Gasteiger partial charge in [-0.2, -0.15) is 0 Å². The zero-order valence-corrected chi connectivity index (χ0v) is 25.1. The second-order valence-corrected chi connectivity index (χ2v) is 10.5. The van der Waals surface area contributed by atoms with E-state index in [1.807, 2.05) is 84.9 Å². The number of aromatic amines is 2. The van der Waals surface area contributed by atoms with Crippen LogP contribution in [0.2, 0.25) is 0 Å². The molecule has 12 nitrogen and oxygen atoms in total. The van der Waals surface area contributed by atoms with Crippen molar-refractivity contribution in [2.24, 2.45) is 0 Å². The molecule has 0 aliphatic rings. The average molecular weight is 635 g/mol. The van der Waals surface area contributed by atoms with Crippen molar-refractivity contribution in [3.63, 3.8) is 0 Å². The zero-order valence-electron chi connectivity index (χ0n) is 25.1. The lowest BCUT2D eigenvalue weighted by Crippen LogP contribution is -1.91. The molecule has 0 spiro atoms. The van der Waals surface area contributed by atoms with Crippen molar-refractivity contribution in [1.29, 1.82) is 0 Å². The Morgan fingerprint density at radius 3 is 1.46 bits per heavy atom. The maximum Gasteiger partial charge on any atom is 0.269 e. The molecule has 4 N–H and O–H groups in total. The van der Waals surface area contributed by atoms with Crippen LogP contribution in [0.25, 0.3) is 44.6 Å². The molecule has 0 bridgehead atoms. The summed E-state index contributed by atoms with van der Waals surface area (Å²) in [4.78, 5) is 33.7. The molecular weight excluding hydrogens is 608 g/mol. The van der Waals surface area contributed by atoms with Crippen LogP contribution < -0.4 is 15.2 Å². The summed E-state index contributed by atoms with van der Waals surface area (Å²) in [5.41, 5.74) is 11.8. The number of nitrogens with two attached hydrogens (primary N) is 1. The molecule has 4 aromatic heterocycles. The Bertz CT molecular complexity index is 2320. The first-order chi connectivity index (χ1) is 23.5. The van der Waals surface area contributed by atoms with Crippen LogP contribution in [-0.2, 0) is 0 Å². The average Bonchev–Trinajstić information content (AvgIpc) is 3.77. The number of benzene rings is 4. The third-order valence-corrected chi connectivity index (χ3v) is 7.30. The van der Waals surface area contributed by atoms with Crippen molar-refractivity contribution in [3.8, 4) is 45.8 Å². The number of nitro groups is 1.